The quantitative estimate of drug-likeness (QED) is 0.852. The van der Waals surface area contributed by atoms with Crippen LogP contribution in [-0.2, 0) is 14.3 Å². The van der Waals surface area contributed by atoms with Crippen LogP contribution in [0.1, 0.15) is 18.1 Å². The minimum Gasteiger partial charge on any atom is -0.379 e. The average Bonchev–Trinajstić information content (AvgIpc) is 2.56. The van der Waals surface area contributed by atoms with Crippen molar-refractivity contribution in [1.82, 2.24) is 10.2 Å². The number of nitrogens with one attached hydrogen (secondary N) is 2. The van der Waals surface area contributed by atoms with Crippen LogP contribution in [0.3, 0.4) is 0 Å². The van der Waals surface area contributed by atoms with Crippen LogP contribution in [0.4, 0.5) is 5.69 Å². The van der Waals surface area contributed by atoms with E-state index in [1.165, 1.54) is 0 Å². The van der Waals surface area contributed by atoms with Crippen LogP contribution in [-0.4, -0.2) is 55.6 Å². The number of hydrogen-bond acceptors (Lipinski definition) is 4. The molecule has 2 amide bonds. The number of nitrogens with zero attached hydrogens (tertiary/aromatic N) is 1. The summed E-state index contributed by atoms with van der Waals surface area (Å²) in [7, 11) is 0. The van der Waals surface area contributed by atoms with Crippen LogP contribution in [0.2, 0.25) is 0 Å². The minimum atomic E-state index is -0.258. The van der Waals surface area contributed by atoms with Gasteiger partial charge in [-0.25, -0.2) is 0 Å². The summed E-state index contributed by atoms with van der Waals surface area (Å²) in [6, 6.07) is 5.59. The van der Waals surface area contributed by atoms with Gasteiger partial charge in [0.15, 0.2) is 0 Å². The van der Waals surface area contributed by atoms with Gasteiger partial charge in [-0.3, -0.25) is 14.5 Å². The predicted molar refractivity (Wildman–Crippen MR) is 89.4 cm³/mol. The highest BCUT2D eigenvalue weighted by Crippen LogP contribution is 2.18. The van der Waals surface area contributed by atoms with Crippen molar-refractivity contribution in [3.63, 3.8) is 0 Å². The first-order valence-electron chi connectivity index (χ1n) is 7.94. The number of benzene rings is 1. The Morgan fingerprint density at radius 2 is 1.83 bits per heavy atom. The van der Waals surface area contributed by atoms with E-state index in [1.54, 1.807) is 0 Å². The second-order valence-corrected chi connectivity index (χ2v) is 5.86. The summed E-state index contributed by atoms with van der Waals surface area (Å²) < 4.78 is 5.28. The van der Waals surface area contributed by atoms with Gasteiger partial charge in [-0.1, -0.05) is 18.2 Å². The number of amides is 2. The molecule has 0 saturated carbocycles. The molecule has 126 valence electrons. The first-order valence-corrected chi connectivity index (χ1v) is 7.94. The van der Waals surface area contributed by atoms with Crippen molar-refractivity contribution >= 4 is 17.5 Å². The normalized spacial score (nSPS) is 16.7. The molecule has 2 N–H and O–H groups in total. The molecule has 1 fully saturated rings. The van der Waals surface area contributed by atoms with Crippen LogP contribution < -0.4 is 10.6 Å². The van der Waals surface area contributed by atoms with Gasteiger partial charge in [0, 0.05) is 18.8 Å². The van der Waals surface area contributed by atoms with E-state index in [9.17, 15) is 9.59 Å². The molecule has 1 aliphatic heterocycles. The van der Waals surface area contributed by atoms with Crippen LogP contribution >= 0.6 is 0 Å². The molecule has 1 aromatic rings. The summed E-state index contributed by atoms with van der Waals surface area (Å²) in [6.45, 7) is 8.48. The fourth-order valence-electron chi connectivity index (χ4n) is 2.64. The van der Waals surface area contributed by atoms with E-state index in [-0.39, 0.29) is 24.4 Å². The van der Waals surface area contributed by atoms with Gasteiger partial charge in [0.05, 0.1) is 25.8 Å². The third-order valence-corrected chi connectivity index (χ3v) is 4.14. The highest BCUT2D eigenvalue weighted by molar-refractivity contribution is 5.96. The zero-order valence-electron chi connectivity index (χ0n) is 14.0. The lowest BCUT2D eigenvalue weighted by Gasteiger charge is -2.31. The lowest BCUT2D eigenvalue weighted by molar-refractivity contribution is -0.129. The maximum atomic E-state index is 12.2. The fraction of sp³-hybridized carbons (Fsp3) is 0.529. The number of morpholine rings is 1. The molecular formula is C17H25N3O3. The van der Waals surface area contributed by atoms with E-state index in [0.717, 1.165) is 29.9 Å². The number of rotatable bonds is 5. The molecule has 6 heteroatoms. The second-order valence-electron chi connectivity index (χ2n) is 5.86. The van der Waals surface area contributed by atoms with Gasteiger partial charge in [-0.15, -0.1) is 0 Å². The monoisotopic (exact) mass is 319 g/mol. The van der Waals surface area contributed by atoms with Gasteiger partial charge in [-0.05, 0) is 31.9 Å². The van der Waals surface area contributed by atoms with Crippen molar-refractivity contribution in [2.75, 3.05) is 38.2 Å². The Bertz CT molecular complexity index is 548. The molecule has 1 atom stereocenters. The van der Waals surface area contributed by atoms with E-state index in [2.05, 4.69) is 15.5 Å². The molecule has 1 saturated heterocycles. The molecule has 2 rings (SSSR count). The number of ether oxygens (including phenoxy) is 1. The fourth-order valence-corrected chi connectivity index (χ4v) is 2.64. The van der Waals surface area contributed by atoms with Crippen LogP contribution in [0, 0.1) is 13.8 Å². The van der Waals surface area contributed by atoms with Gasteiger partial charge < -0.3 is 15.4 Å². The molecule has 1 heterocycles. The maximum absolute atomic E-state index is 12.2. The highest BCUT2D eigenvalue weighted by Gasteiger charge is 2.23. The summed E-state index contributed by atoms with van der Waals surface area (Å²) in [5, 5.41) is 5.57. The number of carbonyl (C=O) groups excluding carboxylic acids is 2. The molecule has 1 aromatic carbocycles. The Kier molecular flexibility index (Phi) is 6.12. The molecule has 0 aliphatic carbocycles. The largest absolute Gasteiger partial charge is 0.379 e. The number of hydrogen-bond donors (Lipinski definition) is 2. The number of aryl methyl sites for hydroxylation is 2. The Balaban J connectivity index is 1.82. The maximum Gasteiger partial charge on any atom is 0.243 e. The third kappa shape index (κ3) is 4.77. The van der Waals surface area contributed by atoms with Crippen LogP contribution in [0.25, 0.3) is 0 Å². The zero-order valence-corrected chi connectivity index (χ0v) is 14.0. The summed E-state index contributed by atoms with van der Waals surface area (Å²) in [4.78, 5) is 26.3. The summed E-state index contributed by atoms with van der Waals surface area (Å²) >= 11 is 0. The molecular weight excluding hydrogens is 294 g/mol. The summed E-state index contributed by atoms with van der Waals surface area (Å²) in [5.74, 6) is -0.353. The molecule has 6 nitrogen and oxygen atoms in total. The highest BCUT2D eigenvalue weighted by atomic mass is 16.5. The number of carbonyl (C=O) groups is 2. The third-order valence-electron chi connectivity index (χ3n) is 4.14. The lowest BCUT2D eigenvalue weighted by atomic mass is 10.1. The van der Waals surface area contributed by atoms with Crippen LogP contribution in [0.5, 0.6) is 0 Å². The predicted octanol–water partition coefficient (Wildman–Crippen LogP) is 1.08. The standard InChI is InChI=1S/C17H25N3O3/c1-12-5-4-6-13(2)16(12)19-15(21)11-18-17(22)14(3)20-7-9-23-10-8-20/h4-6,14H,7-11H2,1-3H3,(H,18,22)(H,19,21)/t14-/m1/s1. The van der Waals surface area contributed by atoms with E-state index < -0.39 is 0 Å². The molecule has 0 unspecified atom stereocenters. The van der Waals surface area contributed by atoms with Crippen molar-refractivity contribution in [2.24, 2.45) is 0 Å². The Hall–Kier alpha value is -1.92. The molecule has 0 aromatic heterocycles. The Labute approximate surface area is 137 Å². The van der Waals surface area contributed by atoms with Gasteiger partial charge >= 0.3 is 0 Å². The summed E-state index contributed by atoms with van der Waals surface area (Å²) in [5.41, 5.74) is 2.82. The molecule has 0 radical (unpaired) electrons. The van der Waals surface area contributed by atoms with E-state index >= 15 is 0 Å². The zero-order chi connectivity index (χ0) is 16.8. The van der Waals surface area contributed by atoms with Crippen molar-refractivity contribution in [3.8, 4) is 0 Å². The molecule has 1 aliphatic rings. The molecule has 23 heavy (non-hydrogen) atoms. The van der Waals surface area contributed by atoms with E-state index in [4.69, 9.17) is 4.74 Å². The first kappa shape index (κ1) is 17.4. The lowest BCUT2D eigenvalue weighted by Crippen LogP contribution is -2.50. The molecule has 0 spiro atoms. The van der Waals surface area contributed by atoms with Gasteiger partial charge in [0.2, 0.25) is 11.8 Å². The Morgan fingerprint density at radius 3 is 2.43 bits per heavy atom. The van der Waals surface area contributed by atoms with Gasteiger partial charge in [0.25, 0.3) is 0 Å². The number of anilines is 1. The van der Waals surface area contributed by atoms with E-state index in [0.29, 0.717) is 13.2 Å². The number of para-hydroxylation sites is 1. The Morgan fingerprint density at radius 1 is 1.22 bits per heavy atom. The minimum absolute atomic E-state index is 0.0265. The van der Waals surface area contributed by atoms with Crippen molar-refractivity contribution in [2.45, 2.75) is 26.8 Å². The smallest absolute Gasteiger partial charge is 0.243 e. The van der Waals surface area contributed by atoms with Crippen molar-refractivity contribution < 1.29 is 14.3 Å². The van der Waals surface area contributed by atoms with Gasteiger partial charge in [-0.2, -0.15) is 0 Å². The van der Waals surface area contributed by atoms with Crippen LogP contribution in [0.15, 0.2) is 18.2 Å². The van der Waals surface area contributed by atoms with E-state index in [1.807, 2.05) is 39.0 Å². The van der Waals surface area contributed by atoms with Crippen molar-refractivity contribution in [3.05, 3.63) is 29.3 Å². The first-order chi connectivity index (χ1) is 11.0. The summed E-state index contributed by atoms with van der Waals surface area (Å²) in [6.07, 6.45) is 0. The molecule has 0 bridgehead atoms. The average molecular weight is 319 g/mol. The SMILES string of the molecule is Cc1cccc(C)c1NC(=O)CNC(=O)[C@@H](C)N1CCOCC1. The second kappa shape index (κ2) is 8.08. The van der Waals surface area contributed by atoms with Gasteiger partial charge in [0.1, 0.15) is 0 Å². The van der Waals surface area contributed by atoms with Crippen molar-refractivity contribution in [1.29, 1.82) is 0 Å². The topological polar surface area (TPSA) is 70.7 Å².